The van der Waals surface area contributed by atoms with E-state index in [1.54, 1.807) is 13.8 Å². The Morgan fingerprint density at radius 3 is 1.44 bits per heavy atom. The SMILES string of the molecule is COc1c([O-])c2c(=O)cc3c4c5c(cc(=O)c6c([O-])c(OC)c(C[C@@H](C)O)c(c(c1C[C@@H](C)O)c24)c65)OCO3. The number of methoxy groups -OCH3 is 2. The zero-order chi connectivity index (χ0) is 27.9. The fourth-order valence-electron chi connectivity index (χ4n) is 6.09. The molecule has 1 aliphatic rings. The number of aliphatic hydroxyl groups is 2. The topological polar surface area (TPSA) is 158 Å². The van der Waals surface area contributed by atoms with Gasteiger partial charge in [-0.1, -0.05) is 11.5 Å². The lowest BCUT2D eigenvalue weighted by atomic mass is 9.82. The van der Waals surface area contributed by atoms with Gasteiger partial charge in [0.15, 0.2) is 10.9 Å². The summed E-state index contributed by atoms with van der Waals surface area (Å²) in [6.07, 6.45) is -1.95. The Hall–Kier alpha value is -4.28. The predicted octanol–water partition coefficient (Wildman–Crippen LogP) is 1.64. The van der Waals surface area contributed by atoms with Crippen molar-refractivity contribution in [3.63, 3.8) is 0 Å². The smallest absolute Gasteiger partial charge is 0.230 e. The quantitative estimate of drug-likeness (QED) is 0.243. The summed E-state index contributed by atoms with van der Waals surface area (Å²) in [6, 6.07) is 2.38. The van der Waals surface area contributed by atoms with E-state index in [1.807, 2.05) is 0 Å². The normalized spacial score (nSPS) is 14.6. The van der Waals surface area contributed by atoms with Crippen LogP contribution in [0.25, 0.3) is 43.1 Å². The molecule has 2 N–H and O–H groups in total. The maximum Gasteiger partial charge on any atom is 0.230 e. The van der Waals surface area contributed by atoms with Crippen molar-refractivity contribution in [2.75, 3.05) is 21.0 Å². The van der Waals surface area contributed by atoms with Crippen molar-refractivity contribution in [3.05, 3.63) is 43.7 Å². The van der Waals surface area contributed by atoms with E-state index in [1.165, 1.54) is 26.4 Å². The molecule has 0 saturated heterocycles. The number of rotatable bonds is 6. The van der Waals surface area contributed by atoms with E-state index in [0.717, 1.165) is 0 Å². The predicted molar refractivity (Wildman–Crippen MR) is 140 cm³/mol. The Labute approximate surface area is 220 Å². The molecule has 0 fully saturated rings. The average molecular weight is 533 g/mol. The molecule has 0 saturated carbocycles. The van der Waals surface area contributed by atoms with E-state index in [4.69, 9.17) is 18.9 Å². The molecule has 10 nitrogen and oxygen atoms in total. The highest BCUT2D eigenvalue weighted by Crippen LogP contribution is 2.55. The molecule has 0 amide bonds. The lowest BCUT2D eigenvalue weighted by Gasteiger charge is -2.29. The summed E-state index contributed by atoms with van der Waals surface area (Å²) >= 11 is 0. The van der Waals surface area contributed by atoms with Crippen LogP contribution in [-0.4, -0.2) is 43.4 Å². The first-order valence-electron chi connectivity index (χ1n) is 12.4. The summed E-state index contributed by atoms with van der Waals surface area (Å²) in [7, 11) is 2.59. The van der Waals surface area contributed by atoms with Gasteiger partial charge in [-0.3, -0.25) is 9.59 Å². The molecule has 0 spiro atoms. The van der Waals surface area contributed by atoms with Crippen LogP contribution in [0.15, 0.2) is 21.7 Å². The van der Waals surface area contributed by atoms with Crippen molar-refractivity contribution >= 4 is 43.1 Å². The second-order valence-corrected chi connectivity index (χ2v) is 9.94. The largest absolute Gasteiger partial charge is 0.869 e. The lowest BCUT2D eigenvalue weighted by Crippen LogP contribution is -2.15. The van der Waals surface area contributed by atoms with Gasteiger partial charge in [-0.15, -0.1) is 0 Å². The van der Waals surface area contributed by atoms with Crippen molar-refractivity contribution in [3.8, 4) is 34.5 Å². The zero-order valence-corrected chi connectivity index (χ0v) is 21.6. The van der Waals surface area contributed by atoms with Crippen molar-refractivity contribution in [1.29, 1.82) is 0 Å². The molecule has 202 valence electrons. The molecule has 5 aromatic carbocycles. The molecular weight excluding hydrogens is 508 g/mol. The molecule has 39 heavy (non-hydrogen) atoms. The maximum absolute atomic E-state index is 13.7. The Balaban J connectivity index is 2.13. The summed E-state index contributed by atoms with van der Waals surface area (Å²) in [5.41, 5.74) is -0.629. The summed E-state index contributed by atoms with van der Waals surface area (Å²) in [5, 5.41) is 49.9. The fraction of sp³-hybridized carbons (Fsp3) is 0.310. The lowest BCUT2D eigenvalue weighted by molar-refractivity contribution is -0.268. The van der Waals surface area contributed by atoms with Crippen LogP contribution in [0.3, 0.4) is 0 Å². The highest BCUT2D eigenvalue weighted by atomic mass is 16.7. The van der Waals surface area contributed by atoms with Gasteiger partial charge in [-0.2, -0.15) is 0 Å². The van der Waals surface area contributed by atoms with Gasteiger partial charge < -0.3 is 39.4 Å². The van der Waals surface area contributed by atoms with Gasteiger partial charge in [0.25, 0.3) is 0 Å². The van der Waals surface area contributed by atoms with Gasteiger partial charge in [0.2, 0.25) is 6.79 Å². The first kappa shape index (κ1) is 25.0. The molecule has 5 aromatic rings. The molecule has 0 aliphatic carbocycles. The molecule has 1 aliphatic heterocycles. The van der Waals surface area contributed by atoms with Crippen LogP contribution in [0.5, 0.6) is 34.5 Å². The van der Waals surface area contributed by atoms with Gasteiger partial charge in [0.05, 0.1) is 26.4 Å². The van der Waals surface area contributed by atoms with Crippen LogP contribution >= 0.6 is 0 Å². The number of benzene rings is 5. The van der Waals surface area contributed by atoms with Gasteiger partial charge in [-0.25, -0.2) is 0 Å². The van der Waals surface area contributed by atoms with Gasteiger partial charge in [0, 0.05) is 68.4 Å². The molecule has 6 rings (SSSR count). The second kappa shape index (κ2) is 8.62. The van der Waals surface area contributed by atoms with Crippen molar-refractivity contribution in [2.45, 2.75) is 38.9 Å². The van der Waals surface area contributed by atoms with E-state index in [2.05, 4.69) is 0 Å². The second-order valence-electron chi connectivity index (χ2n) is 9.94. The minimum Gasteiger partial charge on any atom is -0.869 e. The summed E-state index contributed by atoms with van der Waals surface area (Å²) in [4.78, 5) is 26.8. The third-order valence-corrected chi connectivity index (χ3v) is 7.36. The molecule has 2 atom stereocenters. The monoisotopic (exact) mass is 532 g/mol. The van der Waals surface area contributed by atoms with Crippen LogP contribution in [0.4, 0.5) is 0 Å². The number of aliphatic hydroxyl groups excluding tert-OH is 2. The van der Waals surface area contributed by atoms with E-state index in [9.17, 15) is 30.0 Å². The molecular formula is C29H24O10-2. The van der Waals surface area contributed by atoms with Crippen LogP contribution in [0.1, 0.15) is 25.0 Å². The minimum atomic E-state index is -0.931. The van der Waals surface area contributed by atoms with Crippen LogP contribution in [0.2, 0.25) is 0 Å². The number of fused-ring (bicyclic) bond motifs is 1. The Morgan fingerprint density at radius 2 is 1.10 bits per heavy atom. The first-order chi connectivity index (χ1) is 18.6. The van der Waals surface area contributed by atoms with E-state index >= 15 is 0 Å². The first-order valence-corrected chi connectivity index (χ1v) is 12.4. The molecule has 0 radical (unpaired) electrons. The molecule has 0 unspecified atom stereocenters. The van der Waals surface area contributed by atoms with E-state index in [-0.39, 0.29) is 64.2 Å². The minimum absolute atomic E-state index is 0.0464. The fourth-order valence-corrected chi connectivity index (χ4v) is 6.09. The maximum atomic E-state index is 13.7. The van der Waals surface area contributed by atoms with Crippen molar-refractivity contribution < 1.29 is 39.4 Å². The number of hydrogen-bond acceptors (Lipinski definition) is 10. The third kappa shape index (κ3) is 3.28. The van der Waals surface area contributed by atoms with Crippen molar-refractivity contribution in [2.24, 2.45) is 0 Å². The highest BCUT2D eigenvalue weighted by molar-refractivity contribution is 6.38. The Morgan fingerprint density at radius 1 is 0.718 bits per heavy atom. The standard InChI is InChI=1S/C29H26O10/c1-10(30)5-12-18-19-13(6-11(2)31)29(37-4)27(35)21-15(33)8-17-23(25(19)21)22-16(38-9-39-17)7-14(32)20(24(18)22)26(34)28(12)36-3/h7-8,10-11,30-31,34-35H,5-6,9H2,1-4H3/p-2/t10-,11-/m1/s1. The average Bonchev–Trinajstić information content (AvgIpc) is 3.03. The Kier molecular flexibility index (Phi) is 5.53. The third-order valence-electron chi connectivity index (χ3n) is 7.36. The van der Waals surface area contributed by atoms with Gasteiger partial charge >= 0.3 is 0 Å². The Bertz CT molecular complexity index is 1790. The van der Waals surface area contributed by atoms with Crippen LogP contribution < -0.4 is 40.0 Å². The van der Waals surface area contributed by atoms with E-state index < -0.39 is 34.6 Å². The van der Waals surface area contributed by atoms with Crippen LogP contribution in [-0.2, 0) is 12.8 Å². The zero-order valence-electron chi connectivity index (χ0n) is 21.6. The molecule has 10 heteroatoms. The molecule has 1 heterocycles. The summed E-state index contributed by atoms with van der Waals surface area (Å²) in [6.45, 7) is 2.77. The van der Waals surface area contributed by atoms with Crippen LogP contribution in [0, 0.1) is 0 Å². The molecule has 0 bridgehead atoms. The summed E-state index contributed by atoms with van der Waals surface area (Å²) < 4.78 is 22.6. The number of hydrogen-bond donors (Lipinski definition) is 2. The highest BCUT2D eigenvalue weighted by Gasteiger charge is 2.31. The van der Waals surface area contributed by atoms with E-state index in [0.29, 0.717) is 32.7 Å². The van der Waals surface area contributed by atoms with Crippen molar-refractivity contribution in [1.82, 2.24) is 0 Å². The van der Waals surface area contributed by atoms with Gasteiger partial charge in [0.1, 0.15) is 23.0 Å². The van der Waals surface area contributed by atoms with Gasteiger partial charge in [-0.05, 0) is 24.6 Å². The molecule has 0 aromatic heterocycles. The number of ether oxygens (including phenoxy) is 4. The summed E-state index contributed by atoms with van der Waals surface area (Å²) in [5.74, 6) is -1.32.